The molecule has 196 valence electrons. The molecule has 1 atom stereocenters. The van der Waals surface area contributed by atoms with E-state index in [4.69, 9.17) is 9.73 Å². The molecule has 10 heteroatoms. The minimum absolute atomic E-state index is 0.140. The van der Waals surface area contributed by atoms with E-state index in [-0.39, 0.29) is 17.9 Å². The maximum Gasteiger partial charge on any atom is 0.416 e. The number of hydrogen-bond donors (Lipinski definition) is 0. The summed E-state index contributed by atoms with van der Waals surface area (Å²) >= 11 is 3.79. The van der Waals surface area contributed by atoms with E-state index >= 15 is 0 Å². The van der Waals surface area contributed by atoms with Crippen LogP contribution in [0, 0.1) is 11.3 Å². The van der Waals surface area contributed by atoms with Crippen molar-refractivity contribution in [1.82, 2.24) is 0 Å². The van der Waals surface area contributed by atoms with Crippen LogP contribution >= 0.6 is 34.4 Å². The number of halogens is 4. The molecule has 1 aliphatic heterocycles. The molecule has 2 aromatic rings. The van der Waals surface area contributed by atoms with Crippen LogP contribution in [0.2, 0.25) is 0 Å². The minimum atomic E-state index is -4.51. The van der Waals surface area contributed by atoms with E-state index in [2.05, 4.69) is 28.7 Å². The van der Waals surface area contributed by atoms with Gasteiger partial charge in [-0.1, -0.05) is 59.0 Å². The van der Waals surface area contributed by atoms with Gasteiger partial charge >= 0.3 is 12.1 Å². The van der Waals surface area contributed by atoms with Crippen molar-refractivity contribution in [2.24, 2.45) is 4.99 Å². The SMILES string of the molecule is CCOC(=O)C1=C(C)N(c2cccc(C(F)(F)F)c2)C(SCCCCCI)=N[C@@H]1c1ccc(C#N)cc1. The van der Waals surface area contributed by atoms with Crippen LogP contribution in [0.25, 0.3) is 0 Å². The highest BCUT2D eigenvalue weighted by Crippen LogP contribution is 2.41. The van der Waals surface area contributed by atoms with Crippen molar-refractivity contribution in [1.29, 1.82) is 5.26 Å². The molecule has 0 fully saturated rings. The second kappa shape index (κ2) is 13.3. The summed E-state index contributed by atoms with van der Waals surface area (Å²) in [6.45, 7) is 3.54. The highest BCUT2D eigenvalue weighted by molar-refractivity contribution is 14.1. The number of anilines is 1. The van der Waals surface area contributed by atoms with Gasteiger partial charge < -0.3 is 4.74 Å². The van der Waals surface area contributed by atoms with Gasteiger partial charge in [0.2, 0.25) is 0 Å². The molecule has 3 rings (SSSR count). The molecule has 37 heavy (non-hydrogen) atoms. The number of nitriles is 1. The Hall–Kier alpha value is -2.52. The standard InChI is InChI=1S/C27H27F3IN3O2S/c1-3-36-25(35)23-18(2)34(22-9-7-8-21(16-22)27(28,29)30)26(37-15-6-4-5-14-31)33-24(23)20-12-10-19(17-32)11-13-20/h7-13,16,24H,3-6,14-15H2,1-2H3/t24-/m1/s1. The van der Waals surface area contributed by atoms with Crippen LogP contribution in [0.15, 0.2) is 64.8 Å². The Kier molecular flexibility index (Phi) is 10.5. The zero-order valence-electron chi connectivity index (χ0n) is 20.5. The maximum absolute atomic E-state index is 13.5. The number of allylic oxidation sites excluding steroid dienone is 1. The number of rotatable bonds is 9. The summed E-state index contributed by atoms with van der Waals surface area (Å²) in [5.74, 6) is 0.147. The number of ether oxygens (including phenoxy) is 1. The monoisotopic (exact) mass is 641 g/mol. The molecule has 0 spiro atoms. The molecular weight excluding hydrogens is 614 g/mol. The zero-order chi connectivity index (χ0) is 27.0. The lowest BCUT2D eigenvalue weighted by molar-refractivity contribution is -0.139. The summed E-state index contributed by atoms with van der Waals surface area (Å²) in [4.78, 5) is 19.6. The number of alkyl halides is 4. The van der Waals surface area contributed by atoms with Gasteiger partial charge in [-0.05, 0) is 67.0 Å². The first-order chi connectivity index (χ1) is 17.7. The van der Waals surface area contributed by atoms with Gasteiger partial charge in [0.1, 0.15) is 6.04 Å². The summed E-state index contributed by atoms with van der Waals surface area (Å²) in [5.41, 5.74) is 1.35. The largest absolute Gasteiger partial charge is 0.463 e. The molecule has 0 saturated heterocycles. The number of esters is 1. The summed E-state index contributed by atoms with van der Waals surface area (Å²) in [7, 11) is 0. The summed E-state index contributed by atoms with van der Waals surface area (Å²) in [5, 5.41) is 9.69. The fraction of sp³-hybridized carbons (Fsp3) is 0.370. The first-order valence-electron chi connectivity index (χ1n) is 11.8. The lowest BCUT2D eigenvalue weighted by Gasteiger charge is -2.35. The van der Waals surface area contributed by atoms with E-state index < -0.39 is 23.8 Å². The van der Waals surface area contributed by atoms with Crippen LogP contribution in [-0.4, -0.2) is 27.9 Å². The van der Waals surface area contributed by atoms with E-state index in [1.54, 1.807) is 49.1 Å². The van der Waals surface area contributed by atoms with Crippen molar-refractivity contribution in [2.75, 3.05) is 21.7 Å². The Labute approximate surface area is 232 Å². The van der Waals surface area contributed by atoms with Gasteiger partial charge in [0.25, 0.3) is 0 Å². The lowest BCUT2D eigenvalue weighted by Crippen LogP contribution is -2.35. The number of thioether (sulfide) groups is 1. The van der Waals surface area contributed by atoms with E-state index in [0.29, 0.717) is 22.0 Å². The van der Waals surface area contributed by atoms with Crippen LogP contribution in [0.1, 0.15) is 55.8 Å². The quantitative estimate of drug-likeness (QED) is 0.122. The van der Waals surface area contributed by atoms with Gasteiger partial charge in [0, 0.05) is 17.1 Å². The van der Waals surface area contributed by atoms with Gasteiger partial charge in [-0.15, -0.1) is 0 Å². The van der Waals surface area contributed by atoms with Gasteiger partial charge in [-0.25, -0.2) is 9.79 Å². The third-order valence-corrected chi connectivity index (χ3v) is 7.52. The van der Waals surface area contributed by atoms with Gasteiger partial charge in [-0.2, -0.15) is 18.4 Å². The van der Waals surface area contributed by atoms with Crippen molar-refractivity contribution in [2.45, 2.75) is 45.3 Å². The molecule has 0 aliphatic carbocycles. The number of carbonyl (C=O) groups excluding carboxylic acids is 1. The molecule has 0 unspecified atom stereocenters. The smallest absolute Gasteiger partial charge is 0.416 e. The van der Waals surface area contributed by atoms with Crippen LogP contribution in [0.3, 0.4) is 0 Å². The molecule has 2 aromatic carbocycles. The third kappa shape index (κ3) is 7.29. The maximum atomic E-state index is 13.5. The van der Waals surface area contributed by atoms with E-state index in [1.807, 2.05) is 0 Å². The molecule has 0 N–H and O–H groups in total. The van der Waals surface area contributed by atoms with Gasteiger partial charge in [0.15, 0.2) is 5.17 Å². The molecule has 1 aliphatic rings. The number of benzene rings is 2. The second-order valence-corrected chi connectivity index (χ2v) is 10.4. The molecular formula is C27H27F3IN3O2S. The average Bonchev–Trinajstić information content (AvgIpc) is 2.88. The minimum Gasteiger partial charge on any atom is -0.463 e. The third-order valence-electron chi connectivity index (χ3n) is 5.72. The molecule has 0 bridgehead atoms. The Bertz CT molecular complexity index is 1210. The zero-order valence-corrected chi connectivity index (χ0v) is 23.5. The number of hydrogen-bond acceptors (Lipinski definition) is 6. The Morgan fingerprint density at radius 3 is 2.54 bits per heavy atom. The molecule has 0 radical (unpaired) electrons. The van der Waals surface area contributed by atoms with Crippen LogP contribution < -0.4 is 4.90 Å². The fourth-order valence-electron chi connectivity index (χ4n) is 3.91. The second-order valence-electron chi connectivity index (χ2n) is 8.25. The number of aliphatic imine (C=N–C) groups is 1. The normalized spacial score (nSPS) is 15.9. The lowest BCUT2D eigenvalue weighted by atomic mass is 9.95. The summed E-state index contributed by atoms with van der Waals surface area (Å²) < 4.78 is 47.0. The first-order valence-corrected chi connectivity index (χ1v) is 14.3. The Balaban J connectivity index is 2.13. The van der Waals surface area contributed by atoms with Crippen molar-refractivity contribution in [3.05, 3.63) is 76.5 Å². The Morgan fingerprint density at radius 1 is 1.19 bits per heavy atom. The van der Waals surface area contributed by atoms with Gasteiger partial charge in [-0.3, -0.25) is 4.90 Å². The number of amidine groups is 1. The van der Waals surface area contributed by atoms with Crippen LogP contribution in [0.4, 0.5) is 18.9 Å². The van der Waals surface area contributed by atoms with Gasteiger partial charge in [0.05, 0.1) is 29.4 Å². The predicted octanol–water partition coefficient (Wildman–Crippen LogP) is 7.67. The molecule has 1 heterocycles. The van der Waals surface area contributed by atoms with E-state index in [0.717, 1.165) is 41.6 Å². The fourth-order valence-corrected chi connectivity index (χ4v) is 5.53. The first kappa shape index (κ1) is 29.0. The van der Waals surface area contributed by atoms with Crippen molar-refractivity contribution >= 4 is 51.2 Å². The van der Waals surface area contributed by atoms with Crippen molar-refractivity contribution in [3.8, 4) is 6.07 Å². The van der Waals surface area contributed by atoms with Crippen LogP contribution in [-0.2, 0) is 15.7 Å². The molecule has 0 saturated carbocycles. The van der Waals surface area contributed by atoms with E-state index in [9.17, 15) is 23.2 Å². The molecule has 5 nitrogen and oxygen atoms in total. The highest BCUT2D eigenvalue weighted by Gasteiger charge is 2.36. The van der Waals surface area contributed by atoms with Crippen molar-refractivity contribution in [3.63, 3.8) is 0 Å². The van der Waals surface area contributed by atoms with E-state index in [1.165, 1.54) is 17.8 Å². The van der Waals surface area contributed by atoms with Crippen molar-refractivity contribution < 1.29 is 22.7 Å². The summed E-state index contributed by atoms with van der Waals surface area (Å²) in [6, 6.07) is 13.2. The number of carbonyl (C=O) groups is 1. The number of unbranched alkanes of at least 4 members (excludes halogenated alkanes) is 2. The highest BCUT2D eigenvalue weighted by atomic mass is 127. The molecule has 0 aromatic heterocycles. The average molecular weight is 641 g/mol. The number of nitrogens with zero attached hydrogens (tertiary/aromatic N) is 3. The van der Waals surface area contributed by atoms with Crippen LogP contribution in [0.5, 0.6) is 0 Å². The summed E-state index contributed by atoms with van der Waals surface area (Å²) in [6.07, 6.45) is -1.46. The topological polar surface area (TPSA) is 65.7 Å². The predicted molar refractivity (Wildman–Crippen MR) is 150 cm³/mol. The Morgan fingerprint density at radius 2 is 1.92 bits per heavy atom. The molecule has 0 amide bonds.